The summed E-state index contributed by atoms with van der Waals surface area (Å²) in [6, 6.07) is 9.00. The van der Waals surface area contributed by atoms with Crippen LogP contribution in [0.5, 0.6) is 5.75 Å². The standard InChI is InChI=1S/C15H15NO3/c1-3-9-19-15(17)13(11-16)10-12-7-5-6-8-14(12)18-4-2/h3,5-8,10H,1,4,9H2,2H3/b13-10-. The van der Waals surface area contributed by atoms with Crippen molar-refractivity contribution in [2.75, 3.05) is 13.2 Å². The Hall–Kier alpha value is -2.54. The van der Waals surface area contributed by atoms with Gasteiger partial charge in [0.2, 0.25) is 0 Å². The summed E-state index contributed by atoms with van der Waals surface area (Å²) in [5, 5.41) is 8.99. The normalized spacial score (nSPS) is 10.4. The van der Waals surface area contributed by atoms with Crippen LogP contribution >= 0.6 is 0 Å². The molecule has 0 saturated heterocycles. The van der Waals surface area contributed by atoms with Crippen molar-refractivity contribution < 1.29 is 14.3 Å². The minimum absolute atomic E-state index is 0.0744. The van der Waals surface area contributed by atoms with E-state index in [4.69, 9.17) is 14.7 Å². The van der Waals surface area contributed by atoms with Crippen LogP contribution in [0, 0.1) is 11.3 Å². The van der Waals surface area contributed by atoms with Gasteiger partial charge < -0.3 is 9.47 Å². The van der Waals surface area contributed by atoms with Crippen LogP contribution in [0.1, 0.15) is 12.5 Å². The van der Waals surface area contributed by atoms with Gasteiger partial charge in [-0.3, -0.25) is 0 Å². The SMILES string of the molecule is C=CCOC(=O)/C(C#N)=C\c1ccccc1OCC. The number of esters is 1. The molecule has 98 valence electrons. The predicted molar refractivity (Wildman–Crippen MR) is 72.4 cm³/mol. The molecule has 1 aromatic rings. The molecular formula is C15H15NO3. The zero-order valence-electron chi connectivity index (χ0n) is 10.8. The van der Waals surface area contributed by atoms with Crippen LogP contribution in [0.4, 0.5) is 0 Å². The third kappa shape index (κ3) is 4.32. The summed E-state index contributed by atoms with van der Waals surface area (Å²) in [5.41, 5.74) is 0.588. The number of hydrogen-bond acceptors (Lipinski definition) is 4. The summed E-state index contributed by atoms with van der Waals surface area (Å²) in [5.74, 6) is -0.0528. The highest BCUT2D eigenvalue weighted by atomic mass is 16.5. The van der Waals surface area contributed by atoms with Crippen LogP contribution in [-0.2, 0) is 9.53 Å². The molecule has 0 aliphatic heterocycles. The lowest BCUT2D eigenvalue weighted by Gasteiger charge is -2.07. The molecule has 19 heavy (non-hydrogen) atoms. The lowest BCUT2D eigenvalue weighted by molar-refractivity contribution is -0.137. The molecule has 0 amide bonds. The maximum atomic E-state index is 11.6. The molecule has 0 N–H and O–H groups in total. The van der Waals surface area contributed by atoms with E-state index in [1.54, 1.807) is 18.2 Å². The molecular weight excluding hydrogens is 242 g/mol. The van der Waals surface area contributed by atoms with Gasteiger partial charge in [-0.05, 0) is 19.1 Å². The summed E-state index contributed by atoms with van der Waals surface area (Å²) < 4.78 is 10.2. The van der Waals surface area contributed by atoms with E-state index in [0.29, 0.717) is 17.9 Å². The molecule has 0 unspecified atom stereocenters. The molecule has 0 radical (unpaired) electrons. The fourth-order valence-corrected chi connectivity index (χ4v) is 1.39. The van der Waals surface area contributed by atoms with Crippen molar-refractivity contribution in [1.82, 2.24) is 0 Å². The first-order valence-corrected chi connectivity index (χ1v) is 5.84. The topological polar surface area (TPSA) is 59.3 Å². The number of carbonyl (C=O) groups excluding carboxylic acids is 1. The summed E-state index contributed by atoms with van der Waals surface area (Å²) in [4.78, 5) is 11.6. The van der Waals surface area contributed by atoms with Crippen LogP contribution in [0.3, 0.4) is 0 Å². The van der Waals surface area contributed by atoms with E-state index in [2.05, 4.69) is 6.58 Å². The van der Waals surface area contributed by atoms with Gasteiger partial charge in [0.1, 0.15) is 24.0 Å². The van der Waals surface area contributed by atoms with Crippen LogP contribution in [-0.4, -0.2) is 19.2 Å². The molecule has 0 heterocycles. The highest BCUT2D eigenvalue weighted by Gasteiger charge is 2.11. The number of hydrogen-bond donors (Lipinski definition) is 0. The smallest absolute Gasteiger partial charge is 0.349 e. The van der Waals surface area contributed by atoms with E-state index < -0.39 is 5.97 Å². The maximum absolute atomic E-state index is 11.6. The molecule has 0 bridgehead atoms. The van der Waals surface area contributed by atoms with Crippen LogP contribution in [0.15, 0.2) is 42.5 Å². The average molecular weight is 257 g/mol. The second-order valence-electron chi connectivity index (χ2n) is 3.53. The fraction of sp³-hybridized carbons (Fsp3) is 0.200. The van der Waals surface area contributed by atoms with Crippen molar-refractivity contribution >= 4 is 12.0 Å². The van der Waals surface area contributed by atoms with Gasteiger partial charge in [0.05, 0.1) is 6.61 Å². The monoisotopic (exact) mass is 257 g/mol. The van der Waals surface area contributed by atoms with E-state index in [-0.39, 0.29) is 12.2 Å². The van der Waals surface area contributed by atoms with Gasteiger partial charge in [0.25, 0.3) is 0 Å². The molecule has 0 aliphatic carbocycles. The zero-order chi connectivity index (χ0) is 14.1. The van der Waals surface area contributed by atoms with Gasteiger partial charge >= 0.3 is 5.97 Å². The Morgan fingerprint density at radius 2 is 2.21 bits per heavy atom. The Labute approximate surface area is 112 Å². The zero-order valence-corrected chi connectivity index (χ0v) is 10.8. The molecule has 0 atom stereocenters. The highest BCUT2D eigenvalue weighted by molar-refractivity contribution is 5.98. The lowest BCUT2D eigenvalue weighted by atomic mass is 10.1. The molecule has 0 aromatic heterocycles. The predicted octanol–water partition coefficient (Wildman–Crippen LogP) is 2.72. The first kappa shape index (κ1) is 14.5. The van der Waals surface area contributed by atoms with Crippen molar-refractivity contribution in [3.05, 3.63) is 48.1 Å². The first-order valence-electron chi connectivity index (χ1n) is 5.84. The number of nitriles is 1. The molecule has 1 aromatic carbocycles. The maximum Gasteiger partial charge on any atom is 0.349 e. The quantitative estimate of drug-likeness (QED) is 0.340. The van der Waals surface area contributed by atoms with Gasteiger partial charge in [0, 0.05) is 5.56 Å². The first-order chi connectivity index (χ1) is 9.22. The Bertz CT molecular complexity index is 526. The second kappa shape index (κ2) is 7.72. The molecule has 0 fully saturated rings. The van der Waals surface area contributed by atoms with E-state index in [9.17, 15) is 4.79 Å². The molecule has 4 heteroatoms. The van der Waals surface area contributed by atoms with Crippen LogP contribution < -0.4 is 4.74 Å². The van der Waals surface area contributed by atoms with E-state index in [1.807, 2.05) is 19.1 Å². The third-order valence-electron chi connectivity index (χ3n) is 2.19. The molecule has 4 nitrogen and oxygen atoms in total. The van der Waals surface area contributed by atoms with Crippen molar-refractivity contribution in [3.8, 4) is 11.8 Å². The highest BCUT2D eigenvalue weighted by Crippen LogP contribution is 2.21. The molecule has 1 rings (SSSR count). The number of benzene rings is 1. The summed E-state index contributed by atoms with van der Waals surface area (Å²) in [6.45, 7) is 5.89. The number of nitrogens with zero attached hydrogens (tertiary/aromatic N) is 1. The van der Waals surface area contributed by atoms with Crippen molar-refractivity contribution in [1.29, 1.82) is 5.26 Å². The van der Waals surface area contributed by atoms with Gasteiger partial charge in [-0.2, -0.15) is 5.26 Å². The van der Waals surface area contributed by atoms with Gasteiger partial charge in [-0.1, -0.05) is 30.9 Å². The minimum Gasteiger partial charge on any atom is -0.493 e. The average Bonchev–Trinajstić information content (AvgIpc) is 2.44. The minimum atomic E-state index is -0.672. The molecule has 0 aliphatic rings. The van der Waals surface area contributed by atoms with E-state index in [0.717, 1.165) is 0 Å². The Morgan fingerprint density at radius 1 is 1.47 bits per heavy atom. The summed E-state index contributed by atoms with van der Waals surface area (Å²) >= 11 is 0. The fourth-order valence-electron chi connectivity index (χ4n) is 1.39. The van der Waals surface area contributed by atoms with Gasteiger partial charge in [-0.25, -0.2) is 4.79 Å². The van der Waals surface area contributed by atoms with Crippen LogP contribution in [0.25, 0.3) is 6.08 Å². The van der Waals surface area contributed by atoms with Crippen molar-refractivity contribution in [2.45, 2.75) is 6.92 Å². The number of carbonyl (C=O) groups is 1. The number of ether oxygens (including phenoxy) is 2. The summed E-state index contributed by atoms with van der Waals surface area (Å²) in [6.07, 6.45) is 2.90. The summed E-state index contributed by atoms with van der Waals surface area (Å²) in [7, 11) is 0. The van der Waals surface area contributed by atoms with E-state index >= 15 is 0 Å². The number of para-hydroxylation sites is 1. The van der Waals surface area contributed by atoms with Crippen molar-refractivity contribution in [2.24, 2.45) is 0 Å². The molecule has 0 spiro atoms. The Balaban J connectivity index is 3.01. The third-order valence-corrected chi connectivity index (χ3v) is 2.19. The second-order valence-corrected chi connectivity index (χ2v) is 3.53. The molecule has 0 saturated carbocycles. The Morgan fingerprint density at radius 3 is 2.84 bits per heavy atom. The van der Waals surface area contributed by atoms with Gasteiger partial charge in [0.15, 0.2) is 0 Å². The van der Waals surface area contributed by atoms with Crippen LogP contribution in [0.2, 0.25) is 0 Å². The Kier molecular flexibility index (Phi) is 5.90. The van der Waals surface area contributed by atoms with Crippen molar-refractivity contribution in [3.63, 3.8) is 0 Å². The lowest BCUT2D eigenvalue weighted by Crippen LogP contribution is -2.06. The largest absolute Gasteiger partial charge is 0.493 e. The number of rotatable bonds is 6. The van der Waals surface area contributed by atoms with Gasteiger partial charge in [-0.15, -0.1) is 0 Å². The van der Waals surface area contributed by atoms with E-state index in [1.165, 1.54) is 12.2 Å².